The first-order valence-electron chi connectivity index (χ1n) is 6.80. The number of ether oxygens (including phenoxy) is 1. The minimum absolute atomic E-state index is 0.0994. The Bertz CT molecular complexity index is 466. The van der Waals surface area contributed by atoms with Gasteiger partial charge in [0.15, 0.2) is 0 Å². The maximum atomic E-state index is 13.1. The number of hydrogen-bond acceptors (Lipinski definition) is 4. The van der Waals surface area contributed by atoms with E-state index < -0.39 is 11.4 Å². The highest BCUT2D eigenvalue weighted by Gasteiger charge is 2.18. The Balaban J connectivity index is 2.32. The zero-order valence-electron chi connectivity index (χ0n) is 12.9. The smallest absolute Gasteiger partial charge is 0.410 e. The number of carbonyl (C=O) groups excluding carboxylic acids is 1. The number of likely N-dealkylation sites (N-methyl/N-ethyl adjacent to an activating group) is 1. The van der Waals surface area contributed by atoms with Gasteiger partial charge in [0.25, 0.3) is 0 Å². The summed E-state index contributed by atoms with van der Waals surface area (Å²) in [5, 5.41) is 12.4. The van der Waals surface area contributed by atoms with Crippen molar-refractivity contribution < 1.29 is 19.0 Å². The van der Waals surface area contributed by atoms with Crippen LogP contribution in [0.4, 0.5) is 9.18 Å². The lowest BCUT2D eigenvalue weighted by Crippen LogP contribution is -2.37. The highest BCUT2D eigenvalue weighted by molar-refractivity contribution is 5.67. The van der Waals surface area contributed by atoms with Crippen molar-refractivity contribution in [3.63, 3.8) is 0 Å². The van der Waals surface area contributed by atoms with Gasteiger partial charge in [0.1, 0.15) is 17.2 Å². The normalized spacial score (nSPS) is 11.3. The fourth-order valence-corrected chi connectivity index (χ4v) is 1.65. The van der Waals surface area contributed by atoms with Crippen LogP contribution in [0.5, 0.6) is 5.75 Å². The van der Waals surface area contributed by atoms with Crippen LogP contribution in [-0.4, -0.2) is 41.8 Å². The van der Waals surface area contributed by atoms with Crippen molar-refractivity contribution in [3.8, 4) is 5.75 Å². The van der Waals surface area contributed by atoms with Crippen molar-refractivity contribution in [2.75, 3.05) is 20.1 Å². The van der Waals surface area contributed by atoms with E-state index in [-0.39, 0.29) is 11.8 Å². The molecule has 0 aromatic heterocycles. The first-order valence-corrected chi connectivity index (χ1v) is 6.80. The second-order valence-corrected chi connectivity index (χ2v) is 5.90. The highest BCUT2D eigenvalue weighted by atomic mass is 19.1. The molecule has 1 aromatic rings. The van der Waals surface area contributed by atoms with Crippen molar-refractivity contribution in [3.05, 3.63) is 29.6 Å². The number of halogens is 1. The molecule has 0 atom stereocenters. The van der Waals surface area contributed by atoms with Gasteiger partial charge in [-0.25, -0.2) is 9.18 Å². The maximum Gasteiger partial charge on any atom is 0.410 e. The molecule has 0 spiro atoms. The lowest BCUT2D eigenvalue weighted by molar-refractivity contribution is 0.0300. The third-order valence-electron chi connectivity index (χ3n) is 2.60. The Labute approximate surface area is 124 Å². The number of benzene rings is 1. The standard InChI is InChI=1S/C15H23FN2O3/c1-15(2,3)21-14(20)18(4)6-5-17-10-11-7-12(16)9-13(19)8-11/h7-9,17,19H,5-6,10H2,1-4H3. The van der Waals surface area contributed by atoms with E-state index in [0.29, 0.717) is 25.2 Å². The van der Waals surface area contributed by atoms with Gasteiger partial charge in [0.05, 0.1) is 0 Å². The lowest BCUT2D eigenvalue weighted by Gasteiger charge is -2.24. The van der Waals surface area contributed by atoms with Gasteiger partial charge in [-0.1, -0.05) is 0 Å². The number of nitrogens with one attached hydrogen (secondary N) is 1. The molecule has 5 nitrogen and oxygen atoms in total. The van der Waals surface area contributed by atoms with E-state index >= 15 is 0 Å². The fraction of sp³-hybridized carbons (Fsp3) is 0.533. The zero-order chi connectivity index (χ0) is 16.0. The van der Waals surface area contributed by atoms with Crippen LogP contribution in [0, 0.1) is 5.82 Å². The largest absolute Gasteiger partial charge is 0.508 e. The second-order valence-electron chi connectivity index (χ2n) is 5.90. The molecule has 0 fully saturated rings. The molecule has 118 valence electrons. The number of nitrogens with zero attached hydrogens (tertiary/aromatic N) is 1. The number of amides is 1. The topological polar surface area (TPSA) is 61.8 Å². The van der Waals surface area contributed by atoms with Gasteiger partial charge < -0.3 is 20.1 Å². The molecule has 6 heteroatoms. The van der Waals surface area contributed by atoms with Crippen LogP contribution in [0.1, 0.15) is 26.3 Å². The predicted molar refractivity (Wildman–Crippen MR) is 78.6 cm³/mol. The summed E-state index contributed by atoms with van der Waals surface area (Å²) in [5.41, 5.74) is 0.130. The number of rotatable bonds is 5. The van der Waals surface area contributed by atoms with E-state index in [2.05, 4.69) is 5.32 Å². The summed E-state index contributed by atoms with van der Waals surface area (Å²) in [7, 11) is 1.66. The van der Waals surface area contributed by atoms with Gasteiger partial charge in [0.2, 0.25) is 0 Å². The predicted octanol–water partition coefficient (Wildman–Crippen LogP) is 2.49. The van der Waals surface area contributed by atoms with E-state index in [9.17, 15) is 14.3 Å². The van der Waals surface area contributed by atoms with Crippen LogP contribution >= 0.6 is 0 Å². The SMILES string of the molecule is CN(CCNCc1cc(O)cc(F)c1)C(=O)OC(C)(C)C. The van der Waals surface area contributed by atoms with Crippen LogP contribution in [0.25, 0.3) is 0 Å². The van der Waals surface area contributed by atoms with Crippen molar-refractivity contribution in [2.45, 2.75) is 32.9 Å². The Hall–Kier alpha value is -1.82. The number of hydrogen-bond donors (Lipinski definition) is 2. The van der Waals surface area contributed by atoms with Gasteiger partial charge in [-0.2, -0.15) is 0 Å². The monoisotopic (exact) mass is 298 g/mol. The van der Waals surface area contributed by atoms with Crippen molar-refractivity contribution in [2.24, 2.45) is 0 Å². The molecule has 0 saturated heterocycles. The molecule has 0 unspecified atom stereocenters. The van der Waals surface area contributed by atoms with Gasteiger partial charge in [-0.3, -0.25) is 0 Å². The number of carbonyl (C=O) groups is 1. The molecule has 0 saturated carbocycles. The Morgan fingerprint density at radius 2 is 2.05 bits per heavy atom. The molecule has 0 aliphatic rings. The number of aromatic hydroxyl groups is 1. The highest BCUT2D eigenvalue weighted by Crippen LogP contribution is 2.14. The first-order chi connectivity index (χ1) is 9.67. The molecule has 1 rings (SSSR count). The molecule has 1 aromatic carbocycles. The maximum absolute atomic E-state index is 13.1. The molecule has 0 heterocycles. The van der Waals surface area contributed by atoms with E-state index in [1.807, 2.05) is 20.8 Å². The van der Waals surface area contributed by atoms with Gasteiger partial charge in [-0.15, -0.1) is 0 Å². The molecular formula is C15H23FN2O3. The van der Waals surface area contributed by atoms with Crippen molar-refractivity contribution in [1.82, 2.24) is 10.2 Å². The summed E-state index contributed by atoms with van der Waals surface area (Å²) >= 11 is 0. The Kier molecular flexibility index (Phi) is 5.96. The minimum atomic E-state index is -0.516. The summed E-state index contributed by atoms with van der Waals surface area (Å²) in [5.74, 6) is -0.574. The summed E-state index contributed by atoms with van der Waals surface area (Å²) in [4.78, 5) is 13.2. The average molecular weight is 298 g/mol. The summed E-state index contributed by atoms with van der Waals surface area (Å²) in [6, 6.07) is 3.90. The van der Waals surface area contributed by atoms with E-state index in [1.54, 1.807) is 7.05 Å². The number of phenols is 1. The fourth-order valence-electron chi connectivity index (χ4n) is 1.65. The van der Waals surface area contributed by atoms with Gasteiger partial charge in [0, 0.05) is 32.7 Å². The molecule has 0 aliphatic heterocycles. The third kappa shape index (κ3) is 6.94. The summed E-state index contributed by atoms with van der Waals surface area (Å²) < 4.78 is 18.3. The molecule has 1 amide bonds. The minimum Gasteiger partial charge on any atom is -0.508 e. The first kappa shape index (κ1) is 17.2. The molecular weight excluding hydrogens is 275 g/mol. The van der Waals surface area contributed by atoms with Gasteiger partial charge >= 0.3 is 6.09 Å². The molecule has 2 N–H and O–H groups in total. The second kappa shape index (κ2) is 7.26. The Morgan fingerprint density at radius 3 is 2.62 bits per heavy atom. The number of phenolic OH excluding ortho intramolecular Hbond substituents is 1. The summed E-state index contributed by atoms with van der Waals surface area (Å²) in [6.07, 6.45) is -0.382. The van der Waals surface area contributed by atoms with Crippen LogP contribution in [-0.2, 0) is 11.3 Å². The van der Waals surface area contributed by atoms with Crippen LogP contribution < -0.4 is 5.32 Å². The molecule has 0 bridgehead atoms. The van der Waals surface area contributed by atoms with Crippen LogP contribution in [0.15, 0.2) is 18.2 Å². The van der Waals surface area contributed by atoms with Crippen LogP contribution in [0.2, 0.25) is 0 Å². The quantitative estimate of drug-likeness (QED) is 0.820. The van der Waals surface area contributed by atoms with Gasteiger partial charge in [-0.05, 0) is 38.5 Å². The molecule has 21 heavy (non-hydrogen) atoms. The third-order valence-corrected chi connectivity index (χ3v) is 2.60. The van der Waals surface area contributed by atoms with E-state index in [4.69, 9.17) is 4.74 Å². The average Bonchev–Trinajstić information content (AvgIpc) is 2.31. The van der Waals surface area contributed by atoms with Crippen molar-refractivity contribution in [1.29, 1.82) is 0 Å². The lowest BCUT2D eigenvalue weighted by atomic mass is 10.2. The molecule has 0 radical (unpaired) electrons. The van der Waals surface area contributed by atoms with E-state index in [0.717, 1.165) is 6.07 Å². The van der Waals surface area contributed by atoms with Crippen LogP contribution in [0.3, 0.4) is 0 Å². The Morgan fingerprint density at radius 1 is 1.38 bits per heavy atom. The zero-order valence-corrected chi connectivity index (χ0v) is 12.9. The summed E-state index contributed by atoms with van der Waals surface area (Å²) in [6.45, 7) is 6.85. The molecule has 0 aliphatic carbocycles. The van der Waals surface area contributed by atoms with E-state index in [1.165, 1.54) is 17.0 Å². The van der Waals surface area contributed by atoms with Crippen molar-refractivity contribution >= 4 is 6.09 Å².